The van der Waals surface area contributed by atoms with Crippen molar-refractivity contribution in [1.82, 2.24) is 20.1 Å². The summed E-state index contributed by atoms with van der Waals surface area (Å²) in [7, 11) is 1.65. The molecule has 174 valence electrons. The lowest BCUT2D eigenvalue weighted by atomic mass is 10.2. The molecule has 0 radical (unpaired) electrons. The lowest BCUT2D eigenvalue weighted by Crippen LogP contribution is -2.24. The molecule has 9 heteroatoms. The van der Waals surface area contributed by atoms with Gasteiger partial charge in [-0.05, 0) is 60.5 Å². The normalized spacial score (nSPS) is 10.8. The lowest BCUT2D eigenvalue weighted by molar-refractivity contribution is 0.0949. The average molecular weight is 513 g/mol. The maximum atomic E-state index is 12.7. The second-order valence-electron chi connectivity index (χ2n) is 7.50. The predicted molar refractivity (Wildman–Crippen MR) is 136 cm³/mol. The summed E-state index contributed by atoms with van der Waals surface area (Å²) in [5.74, 6) is 1.82. The third kappa shape index (κ3) is 5.73. The zero-order chi connectivity index (χ0) is 24.1. The fraction of sp³-hybridized carbons (Fsp3) is 0.160. The molecule has 1 aromatic heterocycles. The molecule has 4 rings (SSSR count). The number of hydrogen-bond donors (Lipinski definition) is 1. The Labute approximate surface area is 212 Å². The summed E-state index contributed by atoms with van der Waals surface area (Å²) in [6.07, 6.45) is 0. The van der Waals surface area contributed by atoms with E-state index in [0.29, 0.717) is 32.3 Å². The van der Waals surface area contributed by atoms with E-state index in [1.807, 2.05) is 54.0 Å². The van der Waals surface area contributed by atoms with Crippen LogP contribution < -0.4 is 10.1 Å². The Morgan fingerprint density at radius 3 is 2.62 bits per heavy atom. The SMILES string of the molecule is COc1cccc(CSc2nnc(CNC(=O)c3cccc(Cl)c3)n2-c2cc(Cl)ccc2C)c1. The van der Waals surface area contributed by atoms with Crippen LogP contribution in [0.2, 0.25) is 10.0 Å². The highest BCUT2D eigenvalue weighted by molar-refractivity contribution is 7.98. The number of hydrogen-bond acceptors (Lipinski definition) is 5. The van der Waals surface area contributed by atoms with Gasteiger partial charge in [0.2, 0.25) is 0 Å². The van der Waals surface area contributed by atoms with E-state index < -0.39 is 0 Å². The monoisotopic (exact) mass is 512 g/mol. The van der Waals surface area contributed by atoms with E-state index in [-0.39, 0.29) is 12.5 Å². The van der Waals surface area contributed by atoms with Crippen LogP contribution in [0.1, 0.15) is 27.3 Å². The lowest BCUT2D eigenvalue weighted by Gasteiger charge is -2.14. The van der Waals surface area contributed by atoms with Crippen LogP contribution in [-0.2, 0) is 12.3 Å². The van der Waals surface area contributed by atoms with E-state index in [4.69, 9.17) is 27.9 Å². The van der Waals surface area contributed by atoms with Gasteiger partial charge in [0.05, 0.1) is 19.3 Å². The molecule has 0 atom stereocenters. The van der Waals surface area contributed by atoms with Crippen LogP contribution >= 0.6 is 35.0 Å². The first-order valence-electron chi connectivity index (χ1n) is 10.4. The Kier molecular flexibility index (Phi) is 7.77. The number of ether oxygens (including phenoxy) is 1. The predicted octanol–water partition coefficient (Wildman–Crippen LogP) is 6.11. The number of nitrogens with zero attached hydrogens (tertiary/aromatic N) is 3. The van der Waals surface area contributed by atoms with Gasteiger partial charge in [-0.1, -0.05) is 59.2 Å². The number of nitrogens with one attached hydrogen (secondary N) is 1. The molecule has 0 fully saturated rings. The molecular weight excluding hydrogens is 491 g/mol. The second kappa shape index (κ2) is 11.0. The van der Waals surface area contributed by atoms with E-state index in [1.54, 1.807) is 43.1 Å². The quantitative estimate of drug-likeness (QED) is 0.288. The topological polar surface area (TPSA) is 69.0 Å². The first-order valence-corrected chi connectivity index (χ1v) is 12.2. The van der Waals surface area contributed by atoms with Gasteiger partial charge in [0.15, 0.2) is 11.0 Å². The number of methoxy groups -OCH3 is 1. The van der Waals surface area contributed by atoms with Crippen LogP contribution in [-0.4, -0.2) is 27.8 Å². The molecule has 34 heavy (non-hydrogen) atoms. The van der Waals surface area contributed by atoms with Gasteiger partial charge in [-0.3, -0.25) is 9.36 Å². The van der Waals surface area contributed by atoms with Crippen molar-refractivity contribution in [3.63, 3.8) is 0 Å². The van der Waals surface area contributed by atoms with Gasteiger partial charge in [0.1, 0.15) is 5.75 Å². The van der Waals surface area contributed by atoms with Crippen molar-refractivity contribution in [2.45, 2.75) is 24.4 Å². The summed E-state index contributed by atoms with van der Waals surface area (Å²) in [6, 6.07) is 20.3. The number of rotatable bonds is 8. The van der Waals surface area contributed by atoms with Gasteiger partial charge in [0.25, 0.3) is 5.91 Å². The molecule has 0 aliphatic heterocycles. The zero-order valence-corrected chi connectivity index (χ0v) is 20.9. The molecule has 0 saturated heterocycles. The highest BCUT2D eigenvalue weighted by Crippen LogP contribution is 2.29. The maximum Gasteiger partial charge on any atom is 0.251 e. The fourth-order valence-corrected chi connectivity index (χ4v) is 4.64. The highest BCUT2D eigenvalue weighted by atomic mass is 35.5. The molecule has 0 bridgehead atoms. The highest BCUT2D eigenvalue weighted by Gasteiger charge is 2.18. The number of thioether (sulfide) groups is 1. The summed E-state index contributed by atoms with van der Waals surface area (Å²) in [6.45, 7) is 2.18. The van der Waals surface area contributed by atoms with Crippen molar-refractivity contribution in [1.29, 1.82) is 0 Å². The van der Waals surface area contributed by atoms with Crippen LogP contribution in [0.4, 0.5) is 0 Å². The van der Waals surface area contributed by atoms with E-state index in [1.165, 1.54) is 0 Å². The van der Waals surface area contributed by atoms with Gasteiger partial charge in [0, 0.05) is 21.4 Å². The minimum Gasteiger partial charge on any atom is -0.497 e. The summed E-state index contributed by atoms with van der Waals surface area (Å²) in [4.78, 5) is 12.7. The summed E-state index contributed by atoms with van der Waals surface area (Å²) < 4.78 is 7.26. The molecule has 0 unspecified atom stereocenters. The van der Waals surface area contributed by atoms with Crippen LogP contribution in [0.15, 0.2) is 71.9 Å². The van der Waals surface area contributed by atoms with Crippen LogP contribution in [0.5, 0.6) is 5.75 Å². The minimum absolute atomic E-state index is 0.185. The van der Waals surface area contributed by atoms with Crippen molar-refractivity contribution in [3.8, 4) is 11.4 Å². The summed E-state index contributed by atoms with van der Waals surface area (Å²) >= 11 is 13.9. The van der Waals surface area contributed by atoms with Crippen LogP contribution in [0.25, 0.3) is 5.69 Å². The maximum absolute atomic E-state index is 12.7. The molecule has 6 nitrogen and oxygen atoms in total. The molecule has 0 aliphatic carbocycles. The first-order chi connectivity index (χ1) is 16.4. The summed E-state index contributed by atoms with van der Waals surface area (Å²) in [5.41, 5.74) is 3.44. The number of aromatic nitrogens is 3. The third-order valence-electron chi connectivity index (χ3n) is 5.11. The van der Waals surface area contributed by atoms with E-state index >= 15 is 0 Å². The van der Waals surface area contributed by atoms with Crippen LogP contribution in [0.3, 0.4) is 0 Å². The largest absolute Gasteiger partial charge is 0.497 e. The van der Waals surface area contributed by atoms with Crippen molar-refractivity contribution >= 4 is 40.9 Å². The molecule has 1 amide bonds. The number of amides is 1. The van der Waals surface area contributed by atoms with E-state index in [2.05, 4.69) is 15.5 Å². The van der Waals surface area contributed by atoms with Crippen molar-refractivity contribution in [2.75, 3.05) is 7.11 Å². The Bertz CT molecular complexity index is 1330. The minimum atomic E-state index is -0.245. The third-order valence-corrected chi connectivity index (χ3v) is 6.58. The van der Waals surface area contributed by atoms with Crippen molar-refractivity contribution in [3.05, 3.63) is 99.3 Å². The Hall–Kier alpha value is -3.00. The van der Waals surface area contributed by atoms with Gasteiger partial charge in [-0.15, -0.1) is 10.2 Å². The Balaban J connectivity index is 1.61. The molecule has 0 saturated carbocycles. The number of halogens is 2. The smallest absolute Gasteiger partial charge is 0.251 e. The van der Waals surface area contributed by atoms with Gasteiger partial charge < -0.3 is 10.1 Å². The molecular formula is C25H22Cl2N4O2S. The average Bonchev–Trinajstić information content (AvgIpc) is 3.25. The number of carbonyl (C=O) groups excluding carboxylic acids is 1. The molecule has 0 spiro atoms. The number of aryl methyl sites for hydroxylation is 1. The molecule has 4 aromatic rings. The Morgan fingerprint density at radius 1 is 1.03 bits per heavy atom. The molecule has 0 aliphatic rings. The van der Waals surface area contributed by atoms with Crippen molar-refractivity contribution in [2.24, 2.45) is 0 Å². The number of benzene rings is 3. The summed E-state index contributed by atoms with van der Waals surface area (Å²) in [5, 5.41) is 13.5. The van der Waals surface area contributed by atoms with Gasteiger partial charge in [-0.25, -0.2) is 0 Å². The first kappa shape index (κ1) is 24.1. The fourth-order valence-electron chi connectivity index (χ4n) is 3.37. The Morgan fingerprint density at radius 2 is 1.82 bits per heavy atom. The molecule has 1 N–H and O–H groups in total. The standard InChI is InChI=1S/C25H22Cl2N4O2S/c1-16-9-10-20(27)13-22(16)31-23(14-28-24(32)18-6-4-7-19(26)12-18)29-30-25(31)34-15-17-5-3-8-21(11-17)33-2/h3-13H,14-15H2,1-2H3,(H,28,32). The van der Waals surface area contributed by atoms with Gasteiger partial charge >= 0.3 is 0 Å². The zero-order valence-electron chi connectivity index (χ0n) is 18.6. The van der Waals surface area contributed by atoms with E-state index in [0.717, 1.165) is 22.6 Å². The molecule has 3 aromatic carbocycles. The number of carbonyl (C=O) groups is 1. The van der Waals surface area contributed by atoms with Gasteiger partial charge in [-0.2, -0.15) is 0 Å². The van der Waals surface area contributed by atoms with Crippen LogP contribution in [0, 0.1) is 6.92 Å². The second-order valence-corrected chi connectivity index (χ2v) is 9.31. The molecule has 1 heterocycles. The van der Waals surface area contributed by atoms with Crippen molar-refractivity contribution < 1.29 is 9.53 Å². The van der Waals surface area contributed by atoms with E-state index in [9.17, 15) is 4.79 Å².